The van der Waals surface area contributed by atoms with Gasteiger partial charge in [-0.15, -0.1) is 0 Å². The lowest BCUT2D eigenvalue weighted by Crippen LogP contribution is -1.86. The molecule has 1 aliphatic rings. The van der Waals surface area contributed by atoms with E-state index in [-0.39, 0.29) is 0 Å². The third kappa shape index (κ3) is 1.01. The van der Waals surface area contributed by atoms with Gasteiger partial charge in [0.25, 0.3) is 0 Å². The Kier molecular flexibility index (Phi) is 1.62. The van der Waals surface area contributed by atoms with Gasteiger partial charge in [-0.2, -0.15) is 0 Å². The molecule has 1 heteroatoms. The van der Waals surface area contributed by atoms with Gasteiger partial charge < -0.3 is 0 Å². The minimum absolute atomic E-state index is 0.595. The largest absolute Gasteiger partial charge is 0.0639 e. The molecule has 0 aromatic heterocycles. The van der Waals surface area contributed by atoms with Crippen LogP contribution in [0.2, 0.25) is 0 Å². The summed E-state index contributed by atoms with van der Waals surface area (Å²) >= 11 is 0. The molecule has 0 nitrogen and oxygen atoms in total. The fraction of sp³-hybridized carbons (Fsp3) is 0.500. The van der Waals surface area contributed by atoms with E-state index in [1.165, 1.54) is 16.3 Å². The number of rotatable bonds is 0. The lowest BCUT2D eigenvalue weighted by atomic mass is 10.1. The average molecular weight is 137 g/mol. The average Bonchev–Trinajstić information content (AvgIpc) is 1.98. The predicted molar refractivity (Wildman–Crippen MR) is 44.2 cm³/mol. The van der Waals surface area contributed by atoms with Crippen LogP contribution in [-0.4, -0.2) is 10.2 Å². The van der Waals surface area contributed by atoms with Gasteiger partial charge in [-0.25, -0.2) is 0 Å². The van der Waals surface area contributed by atoms with Gasteiger partial charge in [-0.3, -0.25) is 0 Å². The van der Waals surface area contributed by atoms with Crippen LogP contribution in [0.25, 0.3) is 0 Å². The first-order valence-corrected chi connectivity index (χ1v) is 4.40. The predicted octanol–water partition coefficient (Wildman–Crippen LogP) is 1.02. The Labute approximate surface area is 60.1 Å². The molecule has 1 aliphatic carbocycles. The highest BCUT2D eigenvalue weighted by Crippen LogP contribution is 2.26. The molecule has 0 saturated heterocycles. The lowest BCUT2D eigenvalue weighted by Gasteiger charge is -1.99. The molecule has 1 unspecified atom stereocenters. The Morgan fingerprint density at radius 3 is 2.11 bits per heavy atom. The van der Waals surface area contributed by atoms with Crippen LogP contribution in [-0.2, 0) is 0 Å². The summed E-state index contributed by atoms with van der Waals surface area (Å²) < 4.78 is 0. The van der Waals surface area contributed by atoms with Gasteiger partial charge in [0.2, 0.25) is 0 Å². The van der Waals surface area contributed by atoms with Crippen LogP contribution in [0.4, 0.5) is 0 Å². The maximum Gasteiger partial charge on any atom is 0.0392 e. The summed E-state index contributed by atoms with van der Waals surface area (Å²) in [7, 11) is 1.16. The maximum atomic E-state index is 3.42. The van der Waals surface area contributed by atoms with Gasteiger partial charge >= 0.3 is 0 Å². The molecular weight excluding hydrogens is 124 g/mol. The van der Waals surface area contributed by atoms with Crippen LogP contribution in [0.15, 0.2) is 16.3 Å². The summed E-state index contributed by atoms with van der Waals surface area (Å²) in [5, 5.41) is 1.47. The van der Waals surface area contributed by atoms with E-state index in [1.54, 1.807) is 0 Å². The van der Waals surface area contributed by atoms with E-state index in [1.807, 2.05) is 0 Å². The smallest absolute Gasteiger partial charge is 0.0392 e. The molecule has 0 bridgehead atoms. The molecule has 0 aromatic rings. The van der Waals surface area contributed by atoms with Crippen molar-refractivity contribution in [2.45, 2.75) is 20.8 Å². The van der Waals surface area contributed by atoms with Gasteiger partial charge in [0.15, 0.2) is 0 Å². The molecule has 49 valence electrons. The second-order valence-corrected chi connectivity index (χ2v) is 3.80. The zero-order valence-corrected chi connectivity index (χ0v) is 8.58. The first-order chi connectivity index (χ1) is 4.13. The Hall–Kier alpha value is -0.303. The van der Waals surface area contributed by atoms with E-state index in [0.717, 1.165) is 10.2 Å². The second kappa shape index (κ2) is 2.14. The molecule has 0 spiro atoms. The SMILES string of the molecule is CC1=C(C)C(C)[C]=C1[SiH3]. The first kappa shape index (κ1) is 6.81. The van der Waals surface area contributed by atoms with Gasteiger partial charge in [0.1, 0.15) is 0 Å². The standard InChI is InChI=1S/C8H13Si/c1-5-4-8(9)7(3)6(5)2/h5H,1-3,9H3. The van der Waals surface area contributed by atoms with Crippen molar-refractivity contribution in [2.75, 3.05) is 0 Å². The molecule has 1 atom stereocenters. The van der Waals surface area contributed by atoms with Crippen molar-refractivity contribution in [3.63, 3.8) is 0 Å². The molecule has 0 aromatic carbocycles. The molecule has 0 aliphatic heterocycles. The van der Waals surface area contributed by atoms with E-state index < -0.39 is 0 Å². The molecule has 0 N–H and O–H groups in total. The second-order valence-electron chi connectivity index (χ2n) is 2.80. The molecule has 1 radical (unpaired) electrons. The minimum Gasteiger partial charge on any atom is -0.0639 e. The highest BCUT2D eigenvalue weighted by atomic mass is 28.1. The molecule has 0 fully saturated rings. The van der Waals surface area contributed by atoms with Crippen LogP contribution < -0.4 is 0 Å². The van der Waals surface area contributed by atoms with Crippen molar-refractivity contribution >= 4 is 10.2 Å². The summed E-state index contributed by atoms with van der Waals surface area (Å²) in [6.07, 6.45) is 3.42. The zero-order chi connectivity index (χ0) is 7.02. The summed E-state index contributed by atoms with van der Waals surface area (Å²) in [4.78, 5) is 0. The summed E-state index contributed by atoms with van der Waals surface area (Å²) in [6, 6.07) is 0. The number of hydrogen-bond acceptors (Lipinski definition) is 0. The molecule has 0 saturated carbocycles. The Morgan fingerprint density at radius 2 is 2.00 bits per heavy atom. The Bertz CT molecular complexity index is 187. The van der Waals surface area contributed by atoms with Crippen LogP contribution in [0.5, 0.6) is 0 Å². The molecule has 1 rings (SSSR count). The molecule has 0 amide bonds. The maximum absolute atomic E-state index is 3.42. The normalized spacial score (nSPS) is 27.4. The number of allylic oxidation sites excluding steroid dienone is 4. The van der Waals surface area contributed by atoms with Crippen molar-refractivity contribution in [2.24, 2.45) is 5.92 Å². The minimum atomic E-state index is 0.595. The van der Waals surface area contributed by atoms with Crippen molar-refractivity contribution in [1.82, 2.24) is 0 Å². The van der Waals surface area contributed by atoms with E-state index >= 15 is 0 Å². The Balaban J connectivity index is 2.97. The third-order valence-electron chi connectivity index (χ3n) is 2.24. The lowest BCUT2D eigenvalue weighted by molar-refractivity contribution is 0.852. The van der Waals surface area contributed by atoms with E-state index in [9.17, 15) is 0 Å². The highest BCUT2D eigenvalue weighted by molar-refractivity contribution is 6.24. The highest BCUT2D eigenvalue weighted by Gasteiger charge is 2.13. The Morgan fingerprint density at radius 1 is 1.44 bits per heavy atom. The van der Waals surface area contributed by atoms with E-state index in [2.05, 4.69) is 26.8 Å². The van der Waals surface area contributed by atoms with E-state index in [4.69, 9.17) is 0 Å². The van der Waals surface area contributed by atoms with Crippen molar-refractivity contribution in [1.29, 1.82) is 0 Å². The monoisotopic (exact) mass is 137 g/mol. The zero-order valence-electron chi connectivity index (χ0n) is 6.58. The third-order valence-corrected chi connectivity index (χ3v) is 3.28. The van der Waals surface area contributed by atoms with Gasteiger partial charge in [-0.05, 0) is 19.9 Å². The van der Waals surface area contributed by atoms with Crippen LogP contribution >= 0.6 is 0 Å². The van der Waals surface area contributed by atoms with Gasteiger partial charge in [-0.1, -0.05) is 23.3 Å². The van der Waals surface area contributed by atoms with Gasteiger partial charge in [0.05, 0.1) is 0 Å². The first-order valence-electron chi connectivity index (χ1n) is 3.40. The van der Waals surface area contributed by atoms with E-state index in [0.29, 0.717) is 5.92 Å². The molecule has 0 heterocycles. The molecule has 9 heavy (non-hydrogen) atoms. The summed E-state index contributed by atoms with van der Waals surface area (Å²) in [5.74, 6) is 0.595. The van der Waals surface area contributed by atoms with Gasteiger partial charge in [0, 0.05) is 16.2 Å². The van der Waals surface area contributed by atoms with Crippen molar-refractivity contribution in [3.8, 4) is 0 Å². The fourth-order valence-electron chi connectivity index (χ4n) is 1.16. The summed E-state index contributed by atoms with van der Waals surface area (Å²) in [6.45, 7) is 6.62. The topological polar surface area (TPSA) is 0 Å². The summed E-state index contributed by atoms with van der Waals surface area (Å²) in [5.41, 5.74) is 3.01. The van der Waals surface area contributed by atoms with Crippen LogP contribution in [0.3, 0.4) is 0 Å². The molecular formula is C8H13Si. The van der Waals surface area contributed by atoms with Crippen LogP contribution in [0.1, 0.15) is 20.8 Å². The van der Waals surface area contributed by atoms with Crippen LogP contribution in [0, 0.1) is 12.0 Å². The fourth-order valence-corrected chi connectivity index (χ4v) is 1.99. The number of hydrogen-bond donors (Lipinski definition) is 0. The van der Waals surface area contributed by atoms with Crippen molar-refractivity contribution in [3.05, 3.63) is 22.4 Å². The quantitative estimate of drug-likeness (QED) is 0.437. The van der Waals surface area contributed by atoms with Crippen molar-refractivity contribution < 1.29 is 0 Å².